The number of carbonyl (C=O) groups is 1. The summed E-state index contributed by atoms with van der Waals surface area (Å²) >= 11 is 0. The Morgan fingerprint density at radius 1 is 1.67 bits per heavy atom. The van der Waals surface area contributed by atoms with Crippen molar-refractivity contribution in [2.24, 2.45) is 11.1 Å². The molecule has 1 atom stereocenters. The molecule has 2 heteroatoms. The molecule has 54 valence electrons. The third kappa shape index (κ3) is 2.61. The Labute approximate surface area is 56.4 Å². The fourth-order valence-electron chi connectivity index (χ4n) is 0.401. The van der Waals surface area contributed by atoms with Gasteiger partial charge in [0.25, 0.3) is 0 Å². The van der Waals surface area contributed by atoms with Crippen LogP contribution < -0.4 is 5.73 Å². The summed E-state index contributed by atoms with van der Waals surface area (Å²) < 4.78 is 0. The summed E-state index contributed by atoms with van der Waals surface area (Å²) in [4.78, 5) is 10.1. The lowest BCUT2D eigenvalue weighted by Gasteiger charge is -2.25. The van der Waals surface area contributed by atoms with Gasteiger partial charge in [-0.15, -0.1) is 0 Å². The van der Waals surface area contributed by atoms with Gasteiger partial charge < -0.3 is 10.5 Å². The van der Waals surface area contributed by atoms with Crippen LogP contribution in [0.2, 0.25) is 0 Å². The number of nitrogens with two attached hydrogens (primary N) is 1. The molecule has 0 heterocycles. The van der Waals surface area contributed by atoms with Crippen LogP contribution in [0.25, 0.3) is 0 Å². The van der Waals surface area contributed by atoms with E-state index in [1.807, 2.05) is 20.8 Å². The largest absolute Gasteiger partial charge is 0.327 e. The summed E-state index contributed by atoms with van der Waals surface area (Å²) in [7, 11) is 0. The lowest BCUT2D eigenvalue weighted by atomic mass is 9.83. The zero-order chi connectivity index (χ0) is 7.49. The number of hydrogen-bond acceptors (Lipinski definition) is 2. The van der Waals surface area contributed by atoms with Crippen LogP contribution in [0.15, 0.2) is 0 Å². The van der Waals surface area contributed by atoms with E-state index in [0.717, 1.165) is 6.29 Å². The van der Waals surface area contributed by atoms with Crippen molar-refractivity contribution in [3.05, 3.63) is 0 Å². The minimum absolute atomic E-state index is 0.0399. The van der Waals surface area contributed by atoms with Crippen LogP contribution in [0.5, 0.6) is 0 Å². The zero-order valence-electron chi connectivity index (χ0n) is 6.35. The molecule has 0 amide bonds. The van der Waals surface area contributed by atoms with Crippen molar-refractivity contribution >= 4 is 6.29 Å². The van der Waals surface area contributed by atoms with Gasteiger partial charge in [-0.25, -0.2) is 0 Å². The van der Waals surface area contributed by atoms with Crippen LogP contribution in [-0.2, 0) is 4.79 Å². The average Bonchev–Trinajstić information content (AvgIpc) is 1.65. The van der Waals surface area contributed by atoms with Crippen molar-refractivity contribution in [3.63, 3.8) is 0 Å². The van der Waals surface area contributed by atoms with E-state index in [9.17, 15) is 4.79 Å². The van der Waals surface area contributed by atoms with Gasteiger partial charge in [0, 0.05) is 12.5 Å². The molecule has 2 N–H and O–H groups in total. The zero-order valence-corrected chi connectivity index (χ0v) is 6.35. The van der Waals surface area contributed by atoms with Crippen LogP contribution in [0.4, 0.5) is 0 Å². The maximum Gasteiger partial charge on any atom is 0.120 e. The van der Waals surface area contributed by atoms with Crippen molar-refractivity contribution in [1.29, 1.82) is 0 Å². The summed E-state index contributed by atoms with van der Waals surface area (Å²) in [5.41, 5.74) is 5.56. The predicted octanol–water partition coefficient (Wildman–Crippen LogP) is 0.949. The van der Waals surface area contributed by atoms with E-state index in [4.69, 9.17) is 5.73 Å². The van der Waals surface area contributed by atoms with Gasteiger partial charge in [-0.05, 0) is 12.3 Å². The van der Waals surface area contributed by atoms with Crippen LogP contribution in [0.3, 0.4) is 0 Å². The molecule has 0 saturated heterocycles. The molecule has 0 aliphatic heterocycles. The molecule has 0 saturated carbocycles. The summed E-state index contributed by atoms with van der Waals surface area (Å²) in [6.07, 6.45) is 1.47. The molecule has 9 heavy (non-hydrogen) atoms. The van der Waals surface area contributed by atoms with Crippen molar-refractivity contribution in [2.45, 2.75) is 33.2 Å². The molecule has 2 nitrogen and oxygen atoms in total. The van der Waals surface area contributed by atoms with Crippen LogP contribution in [0.1, 0.15) is 27.2 Å². The Bertz CT molecular complexity index is 97.1. The summed E-state index contributed by atoms with van der Waals surface area (Å²) in [6, 6.07) is 0.0858. The first kappa shape index (κ1) is 8.63. The molecule has 0 aromatic heterocycles. The second kappa shape index (κ2) is 2.97. The van der Waals surface area contributed by atoms with Crippen molar-refractivity contribution in [2.75, 3.05) is 0 Å². The second-order valence-electron chi connectivity index (χ2n) is 3.15. The first-order valence-electron chi connectivity index (χ1n) is 3.20. The molecule has 0 aliphatic rings. The lowest BCUT2D eigenvalue weighted by Crippen LogP contribution is -2.34. The number of hydrogen-bond donors (Lipinski definition) is 1. The Balaban J connectivity index is 3.84. The maximum atomic E-state index is 10.1. The number of rotatable bonds is 3. The van der Waals surface area contributed by atoms with E-state index in [1.165, 1.54) is 0 Å². The van der Waals surface area contributed by atoms with E-state index in [1.54, 1.807) is 0 Å². The fourth-order valence-corrected chi connectivity index (χ4v) is 0.401. The van der Waals surface area contributed by atoms with Crippen molar-refractivity contribution < 1.29 is 4.79 Å². The van der Waals surface area contributed by atoms with E-state index in [2.05, 4.69) is 0 Å². The topological polar surface area (TPSA) is 43.1 Å². The summed E-state index contributed by atoms with van der Waals surface area (Å²) in [5.74, 6) is 0. The molecule has 0 aromatic carbocycles. The monoisotopic (exact) mass is 129 g/mol. The first-order valence-corrected chi connectivity index (χ1v) is 3.20. The number of carbonyl (C=O) groups excluding carboxylic acids is 1. The maximum absolute atomic E-state index is 10.1. The van der Waals surface area contributed by atoms with Gasteiger partial charge in [-0.1, -0.05) is 13.8 Å². The van der Waals surface area contributed by atoms with Gasteiger partial charge in [-0.2, -0.15) is 0 Å². The molecule has 0 aromatic rings. The normalized spacial score (nSPS) is 15.1. The van der Waals surface area contributed by atoms with Crippen LogP contribution in [0, 0.1) is 5.41 Å². The molecule has 0 rings (SSSR count). The summed E-state index contributed by atoms with van der Waals surface area (Å²) in [6.45, 7) is 5.90. The predicted molar refractivity (Wildman–Crippen MR) is 38.1 cm³/mol. The fraction of sp³-hybridized carbons (Fsp3) is 0.857. The van der Waals surface area contributed by atoms with Crippen molar-refractivity contribution in [1.82, 2.24) is 0 Å². The third-order valence-corrected chi connectivity index (χ3v) is 1.84. The van der Waals surface area contributed by atoms with E-state index >= 15 is 0 Å². The highest BCUT2D eigenvalue weighted by atomic mass is 16.1. The Kier molecular flexibility index (Phi) is 2.85. The number of aldehydes is 1. The molecule has 0 aliphatic carbocycles. The molecule has 0 fully saturated rings. The molecule has 0 radical (unpaired) electrons. The van der Waals surface area contributed by atoms with Crippen LogP contribution >= 0.6 is 0 Å². The molecule has 1 unspecified atom stereocenters. The Morgan fingerprint density at radius 3 is 2.22 bits per heavy atom. The van der Waals surface area contributed by atoms with Gasteiger partial charge in [0.2, 0.25) is 0 Å². The highest BCUT2D eigenvalue weighted by Gasteiger charge is 2.21. The van der Waals surface area contributed by atoms with Gasteiger partial charge >= 0.3 is 0 Å². The SMILES string of the molecule is CC(N)C(C)(C)CC=O. The third-order valence-electron chi connectivity index (χ3n) is 1.84. The minimum Gasteiger partial charge on any atom is -0.327 e. The van der Waals surface area contributed by atoms with Crippen LogP contribution in [-0.4, -0.2) is 12.3 Å². The van der Waals surface area contributed by atoms with E-state index in [0.29, 0.717) is 6.42 Å². The molecule has 0 bridgehead atoms. The molecular formula is C7H15NO. The quantitative estimate of drug-likeness (QED) is 0.576. The highest BCUT2D eigenvalue weighted by molar-refractivity contribution is 5.50. The lowest BCUT2D eigenvalue weighted by molar-refractivity contribution is -0.109. The summed E-state index contributed by atoms with van der Waals surface area (Å²) in [5, 5.41) is 0. The Morgan fingerprint density at radius 2 is 2.11 bits per heavy atom. The van der Waals surface area contributed by atoms with E-state index < -0.39 is 0 Å². The average molecular weight is 129 g/mol. The van der Waals surface area contributed by atoms with Crippen molar-refractivity contribution in [3.8, 4) is 0 Å². The molecular weight excluding hydrogens is 114 g/mol. The smallest absolute Gasteiger partial charge is 0.120 e. The Hall–Kier alpha value is -0.370. The van der Waals surface area contributed by atoms with Gasteiger partial charge in [-0.3, -0.25) is 0 Å². The highest BCUT2D eigenvalue weighted by Crippen LogP contribution is 2.21. The van der Waals surface area contributed by atoms with Gasteiger partial charge in [0.15, 0.2) is 0 Å². The molecule has 0 spiro atoms. The van der Waals surface area contributed by atoms with Gasteiger partial charge in [0.1, 0.15) is 6.29 Å². The standard InChI is InChI=1S/C7H15NO/c1-6(8)7(2,3)4-5-9/h5-6H,4,8H2,1-3H3. The first-order chi connectivity index (χ1) is 4.00. The van der Waals surface area contributed by atoms with E-state index in [-0.39, 0.29) is 11.5 Å². The second-order valence-corrected chi connectivity index (χ2v) is 3.15. The minimum atomic E-state index is -0.0399. The van der Waals surface area contributed by atoms with Gasteiger partial charge in [0.05, 0.1) is 0 Å².